The predicted molar refractivity (Wildman–Crippen MR) is 132 cm³/mol. The molecule has 0 atom stereocenters. The van der Waals surface area contributed by atoms with E-state index >= 15 is 4.39 Å². The molecule has 34 heavy (non-hydrogen) atoms. The van der Waals surface area contributed by atoms with Crippen molar-refractivity contribution in [1.29, 1.82) is 0 Å². The zero-order valence-corrected chi connectivity index (χ0v) is 19.8. The second-order valence-corrected chi connectivity index (χ2v) is 10.2. The number of pyridine rings is 1. The Balaban J connectivity index is 1.66. The van der Waals surface area contributed by atoms with E-state index in [0.717, 1.165) is 44.2 Å². The second kappa shape index (κ2) is 9.16. The number of carbonyl (C=O) groups is 1. The number of benzene rings is 2. The number of ketones is 1. The zero-order valence-electron chi connectivity index (χ0n) is 19.1. The van der Waals surface area contributed by atoms with Crippen molar-refractivity contribution in [1.82, 2.24) is 4.98 Å². The van der Waals surface area contributed by atoms with Crippen LogP contribution in [0.1, 0.15) is 61.4 Å². The molecule has 7 heteroatoms. The summed E-state index contributed by atoms with van der Waals surface area (Å²) in [5.74, 6) is 0.100. The number of nitrogens with zero attached hydrogens (tertiary/aromatic N) is 1. The van der Waals surface area contributed by atoms with Crippen molar-refractivity contribution in [2.75, 3.05) is 5.32 Å². The molecule has 0 bridgehead atoms. The van der Waals surface area contributed by atoms with Crippen molar-refractivity contribution in [2.24, 2.45) is 11.8 Å². The van der Waals surface area contributed by atoms with Gasteiger partial charge in [-0.25, -0.2) is 4.39 Å². The summed E-state index contributed by atoms with van der Waals surface area (Å²) in [6, 6.07) is 6.30. The van der Waals surface area contributed by atoms with Crippen molar-refractivity contribution >= 4 is 34.0 Å². The van der Waals surface area contributed by atoms with Gasteiger partial charge in [0.25, 0.3) is 0 Å². The van der Waals surface area contributed by atoms with Gasteiger partial charge in [-0.3, -0.25) is 9.78 Å². The summed E-state index contributed by atoms with van der Waals surface area (Å²) in [5, 5.41) is 24.0. The molecule has 2 aromatic carbocycles. The number of carbonyl (C=O) groups excluding carboxylic acids is 1. The first-order valence-electron chi connectivity index (χ1n) is 11.9. The van der Waals surface area contributed by atoms with Crippen LogP contribution in [0.5, 0.6) is 5.75 Å². The number of Topliss-reactive ketones (excluding diaryl/α,β-unsaturated/α-hetero) is 1. The minimum Gasteiger partial charge on any atom is -0.506 e. The smallest absolute Gasteiger partial charge is 0.169 e. The normalized spacial score (nSPS) is 20.5. The number of anilines is 1. The fourth-order valence-electron chi connectivity index (χ4n) is 4.88. The first-order valence-corrected chi connectivity index (χ1v) is 12.3. The summed E-state index contributed by atoms with van der Waals surface area (Å²) in [4.78, 5) is 17.6. The van der Waals surface area contributed by atoms with E-state index in [0.29, 0.717) is 27.9 Å². The number of rotatable bonds is 6. The fourth-order valence-corrected chi connectivity index (χ4v) is 5.12. The Morgan fingerprint density at radius 1 is 1.15 bits per heavy atom. The van der Waals surface area contributed by atoms with Crippen LogP contribution in [-0.4, -0.2) is 27.0 Å². The van der Waals surface area contributed by atoms with Crippen LogP contribution in [-0.2, 0) is 6.61 Å². The van der Waals surface area contributed by atoms with Crippen molar-refractivity contribution in [2.45, 2.75) is 58.1 Å². The number of halogens is 2. The van der Waals surface area contributed by atoms with Gasteiger partial charge in [0.15, 0.2) is 5.78 Å². The highest BCUT2D eigenvalue weighted by Crippen LogP contribution is 2.40. The third-order valence-electron chi connectivity index (χ3n) is 7.16. The molecule has 2 aliphatic carbocycles. The molecule has 2 saturated carbocycles. The highest BCUT2D eigenvalue weighted by molar-refractivity contribution is 6.32. The standard InChI is InChI=1S/C27H28ClFN2O3/c1-14-2-6-18(7-3-14)31-25-20-10-19(16-8-17(13-32)27(34)22(28)9-16)23(29)11-24(20)30-12-21(25)26(33)15-4-5-15/h8-12,14-15,18,32,34H,2-7,13H2,1H3,(H,30,31). The summed E-state index contributed by atoms with van der Waals surface area (Å²) in [7, 11) is 0. The van der Waals surface area contributed by atoms with Crippen molar-refractivity contribution in [3.8, 4) is 16.9 Å². The Morgan fingerprint density at radius 2 is 1.88 bits per heavy atom. The number of aliphatic hydroxyl groups excluding tert-OH is 1. The molecule has 2 aliphatic rings. The molecule has 5 nitrogen and oxygen atoms in total. The second-order valence-electron chi connectivity index (χ2n) is 9.76. The lowest BCUT2D eigenvalue weighted by Crippen LogP contribution is -2.26. The molecular formula is C27H28ClFN2O3. The van der Waals surface area contributed by atoms with Crippen LogP contribution in [0.3, 0.4) is 0 Å². The van der Waals surface area contributed by atoms with E-state index in [1.54, 1.807) is 12.3 Å². The molecule has 0 saturated heterocycles. The third kappa shape index (κ3) is 4.37. The van der Waals surface area contributed by atoms with Gasteiger partial charge in [-0.1, -0.05) is 18.5 Å². The summed E-state index contributed by atoms with van der Waals surface area (Å²) in [5.41, 5.74) is 2.66. The number of aromatic nitrogens is 1. The summed E-state index contributed by atoms with van der Waals surface area (Å²) in [6.45, 7) is 1.83. The van der Waals surface area contributed by atoms with Crippen LogP contribution in [0.4, 0.5) is 10.1 Å². The quantitative estimate of drug-likeness (QED) is 0.350. The maximum Gasteiger partial charge on any atom is 0.169 e. The molecule has 0 spiro atoms. The Labute approximate surface area is 203 Å². The molecule has 3 aromatic rings. The van der Waals surface area contributed by atoms with Crippen LogP contribution in [0.15, 0.2) is 30.5 Å². The van der Waals surface area contributed by atoms with E-state index in [1.807, 2.05) is 0 Å². The minimum atomic E-state index is -0.496. The monoisotopic (exact) mass is 482 g/mol. The average molecular weight is 483 g/mol. The van der Waals surface area contributed by atoms with Gasteiger partial charge in [0, 0.05) is 40.7 Å². The van der Waals surface area contributed by atoms with E-state index in [2.05, 4.69) is 17.2 Å². The zero-order chi connectivity index (χ0) is 24.0. The van der Waals surface area contributed by atoms with Gasteiger partial charge in [-0.05, 0) is 68.2 Å². The van der Waals surface area contributed by atoms with E-state index in [9.17, 15) is 15.0 Å². The highest BCUT2D eigenvalue weighted by Gasteiger charge is 2.33. The van der Waals surface area contributed by atoms with E-state index in [-0.39, 0.29) is 39.6 Å². The van der Waals surface area contributed by atoms with Gasteiger partial charge >= 0.3 is 0 Å². The van der Waals surface area contributed by atoms with Crippen LogP contribution in [0.2, 0.25) is 5.02 Å². The first kappa shape index (κ1) is 23.1. The fraction of sp³-hybridized carbons (Fsp3) is 0.407. The third-order valence-corrected chi connectivity index (χ3v) is 7.45. The maximum absolute atomic E-state index is 15.2. The summed E-state index contributed by atoms with van der Waals surface area (Å²) < 4.78 is 15.2. The number of aliphatic hydroxyl groups is 1. The molecule has 1 aromatic heterocycles. The predicted octanol–water partition coefficient (Wildman–Crippen LogP) is 6.48. The largest absolute Gasteiger partial charge is 0.506 e. The molecule has 0 amide bonds. The molecule has 178 valence electrons. The van der Waals surface area contributed by atoms with Gasteiger partial charge < -0.3 is 15.5 Å². The Morgan fingerprint density at radius 3 is 2.56 bits per heavy atom. The van der Waals surface area contributed by atoms with Crippen LogP contribution in [0, 0.1) is 17.7 Å². The number of hydrogen-bond acceptors (Lipinski definition) is 5. The minimum absolute atomic E-state index is 0.0338. The van der Waals surface area contributed by atoms with Crippen LogP contribution >= 0.6 is 11.6 Å². The first-order chi connectivity index (χ1) is 16.4. The van der Waals surface area contributed by atoms with Crippen molar-refractivity contribution in [3.05, 3.63) is 52.4 Å². The Bertz CT molecular complexity index is 1270. The topological polar surface area (TPSA) is 82.5 Å². The Kier molecular flexibility index (Phi) is 6.21. The van der Waals surface area contributed by atoms with E-state index in [4.69, 9.17) is 11.6 Å². The molecule has 0 radical (unpaired) electrons. The lowest BCUT2D eigenvalue weighted by atomic mass is 9.87. The Hall–Kier alpha value is -2.70. The number of aromatic hydroxyl groups is 1. The highest BCUT2D eigenvalue weighted by atomic mass is 35.5. The summed E-state index contributed by atoms with van der Waals surface area (Å²) in [6.07, 6.45) is 7.65. The molecule has 3 N–H and O–H groups in total. The van der Waals surface area contributed by atoms with Crippen molar-refractivity contribution in [3.63, 3.8) is 0 Å². The lowest BCUT2D eigenvalue weighted by Gasteiger charge is -2.29. The van der Waals surface area contributed by atoms with Gasteiger partial charge in [0.05, 0.1) is 28.4 Å². The molecule has 0 unspecified atom stereocenters. The van der Waals surface area contributed by atoms with Gasteiger partial charge in [-0.2, -0.15) is 0 Å². The van der Waals surface area contributed by atoms with Gasteiger partial charge in [0.2, 0.25) is 0 Å². The maximum atomic E-state index is 15.2. The molecule has 2 fully saturated rings. The molecular weight excluding hydrogens is 455 g/mol. The lowest BCUT2D eigenvalue weighted by molar-refractivity contribution is 0.0968. The molecule has 5 rings (SSSR count). The van der Waals surface area contributed by atoms with Crippen LogP contribution in [0.25, 0.3) is 22.0 Å². The molecule has 1 heterocycles. The summed E-state index contributed by atoms with van der Waals surface area (Å²) >= 11 is 6.15. The van der Waals surface area contributed by atoms with Crippen LogP contribution < -0.4 is 5.32 Å². The van der Waals surface area contributed by atoms with Gasteiger partial charge in [0.1, 0.15) is 11.6 Å². The number of phenols is 1. The number of fused-ring (bicyclic) bond motifs is 1. The van der Waals surface area contributed by atoms with Crippen molar-refractivity contribution < 1.29 is 19.4 Å². The number of nitrogens with one attached hydrogen (secondary N) is 1. The average Bonchev–Trinajstić information content (AvgIpc) is 3.67. The van der Waals surface area contributed by atoms with E-state index < -0.39 is 12.4 Å². The number of hydrogen-bond donors (Lipinski definition) is 3. The molecule has 0 aliphatic heterocycles. The van der Waals surface area contributed by atoms with E-state index in [1.165, 1.54) is 18.2 Å². The van der Waals surface area contributed by atoms with Gasteiger partial charge in [-0.15, -0.1) is 0 Å². The SMILES string of the molecule is CC1CCC(Nc2c(C(=O)C3CC3)cnc3cc(F)c(-c4cc(Cl)c(O)c(CO)c4)cc23)CC1.